The van der Waals surface area contributed by atoms with Gasteiger partial charge in [0, 0.05) is 18.4 Å². The number of halogens is 3. The summed E-state index contributed by atoms with van der Waals surface area (Å²) in [5, 5.41) is 11.9. The van der Waals surface area contributed by atoms with Crippen LogP contribution in [-0.4, -0.2) is 10.1 Å². The van der Waals surface area contributed by atoms with Gasteiger partial charge in [0.1, 0.15) is 0 Å². The Balaban J connectivity index is 2.32. The average molecular weight is 253 g/mol. The lowest BCUT2D eigenvalue weighted by molar-refractivity contribution is 0.380. The van der Waals surface area contributed by atoms with Crippen molar-refractivity contribution in [1.29, 1.82) is 5.26 Å². The molecule has 0 amide bonds. The fourth-order valence-corrected chi connectivity index (χ4v) is 1.32. The number of nitrogens with zero attached hydrogens (tertiary/aromatic N) is 3. The van der Waals surface area contributed by atoms with E-state index in [0.717, 1.165) is 12.1 Å². The molecule has 0 unspecified atom stereocenters. The first kappa shape index (κ1) is 12.1. The Kier molecular flexibility index (Phi) is 3.28. The van der Waals surface area contributed by atoms with Crippen molar-refractivity contribution in [3.05, 3.63) is 35.5 Å². The number of benzene rings is 1. The minimum atomic E-state index is -1.55. The van der Waals surface area contributed by atoms with Crippen molar-refractivity contribution in [2.75, 3.05) is 0 Å². The van der Waals surface area contributed by atoms with Crippen molar-refractivity contribution in [3.8, 4) is 17.5 Å². The molecule has 0 atom stereocenters. The van der Waals surface area contributed by atoms with Crippen LogP contribution in [-0.2, 0) is 6.42 Å². The molecule has 0 radical (unpaired) electrons. The summed E-state index contributed by atoms with van der Waals surface area (Å²) in [4.78, 5) is 3.85. The Labute approximate surface area is 99.7 Å². The van der Waals surface area contributed by atoms with Crippen LogP contribution in [0.15, 0.2) is 16.7 Å². The first-order valence-electron chi connectivity index (χ1n) is 4.96. The van der Waals surface area contributed by atoms with Gasteiger partial charge in [0.15, 0.2) is 17.5 Å². The Morgan fingerprint density at radius 3 is 2.50 bits per heavy atom. The molecule has 18 heavy (non-hydrogen) atoms. The van der Waals surface area contributed by atoms with E-state index in [0.29, 0.717) is 0 Å². The molecule has 2 aromatic rings. The Hall–Kier alpha value is -2.36. The minimum Gasteiger partial charge on any atom is -0.339 e. The van der Waals surface area contributed by atoms with Crippen LogP contribution in [0, 0.1) is 28.8 Å². The molecule has 92 valence electrons. The molecule has 7 heteroatoms. The van der Waals surface area contributed by atoms with Gasteiger partial charge in [0.2, 0.25) is 11.7 Å². The van der Waals surface area contributed by atoms with Crippen LogP contribution in [0.5, 0.6) is 0 Å². The Bertz CT molecular complexity index is 595. The van der Waals surface area contributed by atoms with Crippen LogP contribution in [0.2, 0.25) is 0 Å². The quantitative estimate of drug-likeness (QED) is 0.789. The van der Waals surface area contributed by atoms with Gasteiger partial charge in [0.25, 0.3) is 0 Å². The number of hydrogen-bond acceptors (Lipinski definition) is 4. The maximum Gasteiger partial charge on any atom is 0.227 e. The molecule has 1 aromatic carbocycles. The van der Waals surface area contributed by atoms with Crippen molar-refractivity contribution < 1.29 is 17.7 Å². The predicted octanol–water partition coefficient (Wildman–Crippen LogP) is 2.61. The monoisotopic (exact) mass is 253 g/mol. The van der Waals surface area contributed by atoms with Gasteiger partial charge < -0.3 is 4.52 Å². The van der Waals surface area contributed by atoms with E-state index in [4.69, 9.17) is 9.78 Å². The number of aryl methyl sites for hydroxylation is 1. The molecule has 1 heterocycles. The highest BCUT2D eigenvalue weighted by Crippen LogP contribution is 2.21. The first-order chi connectivity index (χ1) is 8.61. The molecule has 2 rings (SSSR count). The zero-order valence-corrected chi connectivity index (χ0v) is 8.95. The molecule has 0 spiro atoms. The van der Waals surface area contributed by atoms with Crippen LogP contribution in [0.4, 0.5) is 13.2 Å². The van der Waals surface area contributed by atoms with Gasteiger partial charge in [-0.25, -0.2) is 13.2 Å². The lowest BCUT2D eigenvalue weighted by Crippen LogP contribution is -1.93. The first-order valence-corrected chi connectivity index (χ1v) is 4.96. The molecule has 0 saturated carbocycles. The van der Waals surface area contributed by atoms with E-state index in [-0.39, 0.29) is 30.1 Å². The fourth-order valence-electron chi connectivity index (χ4n) is 1.32. The predicted molar refractivity (Wildman–Crippen MR) is 53.5 cm³/mol. The zero-order valence-electron chi connectivity index (χ0n) is 8.95. The van der Waals surface area contributed by atoms with E-state index in [2.05, 4.69) is 10.1 Å². The molecule has 0 N–H and O–H groups in total. The maximum absolute atomic E-state index is 13.0. The highest BCUT2D eigenvalue weighted by molar-refractivity contribution is 5.54. The SMILES string of the molecule is N#CCCc1nc(-c2cc(F)c(F)c(F)c2)no1. The van der Waals surface area contributed by atoms with Crippen LogP contribution >= 0.6 is 0 Å². The third-order valence-electron chi connectivity index (χ3n) is 2.16. The second kappa shape index (κ2) is 4.87. The van der Waals surface area contributed by atoms with Gasteiger partial charge in [0.05, 0.1) is 6.07 Å². The molecule has 0 saturated heterocycles. The summed E-state index contributed by atoms with van der Waals surface area (Å²) in [6.45, 7) is 0. The van der Waals surface area contributed by atoms with Gasteiger partial charge in [-0.05, 0) is 12.1 Å². The second-order valence-electron chi connectivity index (χ2n) is 3.42. The normalized spacial score (nSPS) is 10.3. The summed E-state index contributed by atoms with van der Waals surface area (Å²) < 4.78 is 43.5. The summed E-state index contributed by atoms with van der Waals surface area (Å²) in [5.74, 6) is -4.08. The zero-order chi connectivity index (χ0) is 13.1. The number of nitriles is 1. The number of aromatic nitrogens is 2. The molecule has 0 aliphatic carbocycles. The average Bonchev–Trinajstić information content (AvgIpc) is 2.81. The molecule has 4 nitrogen and oxygen atoms in total. The fraction of sp³-hybridized carbons (Fsp3) is 0.182. The summed E-state index contributed by atoms with van der Waals surface area (Å²) in [6.07, 6.45) is 0.434. The number of hydrogen-bond donors (Lipinski definition) is 0. The summed E-state index contributed by atoms with van der Waals surface area (Å²) in [5.41, 5.74) is -0.0293. The Morgan fingerprint density at radius 2 is 1.89 bits per heavy atom. The Morgan fingerprint density at radius 1 is 1.22 bits per heavy atom. The topological polar surface area (TPSA) is 62.7 Å². The van der Waals surface area contributed by atoms with Crippen LogP contribution in [0.1, 0.15) is 12.3 Å². The van der Waals surface area contributed by atoms with Gasteiger partial charge in [-0.2, -0.15) is 10.2 Å². The van der Waals surface area contributed by atoms with E-state index in [1.54, 1.807) is 0 Å². The highest BCUT2D eigenvalue weighted by atomic mass is 19.2. The third-order valence-corrected chi connectivity index (χ3v) is 2.16. The molecule has 0 fully saturated rings. The van der Waals surface area contributed by atoms with Gasteiger partial charge in [-0.15, -0.1) is 0 Å². The van der Waals surface area contributed by atoms with Crippen molar-refractivity contribution in [2.24, 2.45) is 0 Å². The molecule has 0 bridgehead atoms. The lowest BCUT2D eigenvalue weighted by Gasteiger charge is -1.97. The summed E-state index contributed by atoms with van der Waals surface area (Å²) in [6, 6.07) is 3.44. The van der Waals surface area contributed by atoms with Crippen LogP contribution in [0.25, 0.3) is 11.4 Å². The third kappa shape index (κ3) is 2.32. The van der Waals surface area contributed by atoms with E-state index in [1.807, 2.05) is 6.07 Å². The second-order valence-corrected chi connectivity index (χ2v) is 3.42. The molecular formula is C11H6F3N3O. The maximum atomic E-state index is 13.0. The van der Waals surface area contributed by atoms with E-state index in [9.17, 15) is 13.2 Å². The van der Waals surface area contributed by atoms with E-state index < -0.39 is 17.5 Å². The summed E-state index contributed by atoms with van der Waals surface area (Å²) >= 11 is 0. The van der Waals surface area contributed by atoms with Crippen LogP contribution < -0.4 is 0 Å². The lowest BCUT2D eigenvalue weighted by atomic mass is 10.2. The van der Waals surface area contributed by atoms with Crippen molar-refractivity contribution in [3.63, 3.8) is 0 Å². The van der Waals surface area contributed by atoms with Crippen molar-refractivity contribution in [2.45, 2.75) is 12.8 Å². The smallest absolute Gasteiger partial charge is 0.227 e. The van der Waals surface area contributed by atoms with E-state index >= 15 is 0 Å². The van der Waals surface area contributed by atoms with Crippen molar-refractivity contribution >= 4 is 0 Å². The summed E-state index contributed by atoms with van der Waals surface area (Å²) in [7, 11) is 0. The largest absolute Gasteiger partial charge is 0.339 e. The minimum absolute atomic E-state index is 0.0293. The van der Waals surface area contributed by atoms with Crippen molar-refractivity contribution in [1.82, 2.24) is 10.1 Å². The van der Waals surface area contributed by atoms with E-state index in [1.165, 1.54) is 0 Å². The van der Waals surface area contributed by atoms with Crippen LogP contribution in [0.3, 0.4) is 0 Å². The molecular weight excluding hydrogens is 247 g/mol. The van der Waals surface area contributed by atoms with Gasteiger partial charge in [-0.3, -0.25) is 0 Å². The molecule has 0 aliphatic heterocycles. The highest BCUT2D eigenvalue weighted by Gasteiger charge is 2.15. The number of rotatable bonds is 3. The van der Waals surface area contributed by atoms with Gasteiger partial charge >= 0.3 is 0 Å². The standard InChI is InChI=1S/C11H6F3N3O/c12-7-4-6(5-8(13)10(7)14)11-16-9(18-17-11)2-1-3-15/h4-5H,1-2H2. The molecule has 1 aromatic heterocycles. The van der Waals surface area contributed by atoms with Gasteiger partial charge in [-0.1, -0.05) is 5.16 Å². The molecule has 0 aliphatic rings.